The first kappa shape index (κ1) is 14.4. The third-order valence-electron chi connectivity index (χ3n) is 0.967. The van der Waals surface area contributed by atoms with E-state index in [1.54, 1.807) is 18.2 Å². The Morgan fingerprint density at radius 1 is 1.38 bits per heavy atom. The standard InChI is InChI=1S/C6H5NO2.C2H7N.ClH/c8-7(9)6-4-2-1-3-5-6;1-2-3;/h1-5H;2-3H2,1H3;1H. The van der Waals surface area contributed by atoms with Crippen LogP contribution in [0.15, 0.2) is 30.3 Å². The van der Waals surface area contributed by atoms with Crippen molar-refractivity contribution in [2.45, 2.75) is 6.92 Å². The number of nitrogens with two attached hydrogens (primary N) is 1. The van der Waals surface area contributed by atoms with Crippen LogP contribution in [0.3, 0.4) is 0 Å². The molecule has 13 heavy (non-hydrogen) atoms. The molecule has 0 aliphatic rings. The number of hydrogen-bond donors (Lipinski definition) is 1. The summed E-state index contributed by atoms with van der Waals surface area (Å²) in [6.45, 7) is 2.65. The number of hydrogen-bond acceptors (Lipinski definition) is 3. The Morgan fingerprint density at radius 2 is 1.77 bits per heavy atom. The van der Waals surface area contributed by atoms with Gasteiger partial charge in [-0.3, -0.25) is 10.1 Å². The Morgan fingerprint density at radius 3 is 2.00 bits per heavy atom. The highest BCUT2D eigenvalue weighted by atomic mass is 35.5. The Hall–Kier alpha value is -1.13. The van der Waals surface area contributed by atoms with E-state index in [2.05, 4.69) is 0 Å². The smallest absolute Gasteiger partial charge is 0.269 e. The topological polar surface area (TPSA) is 69.2 Å². The first-order valence-corrected chi connectivity index (χ1v) is 3.61. The van der Waals surface area contributed by atoms with Crippen molar-refractivity contribution in [2.75, 3.05) is 6.54 Å². The van der Waals surface area contributed by atoms with Gasteiger partial charge in [0.05, 0.1) is 4.92 Å². The van der Waals surface area contributed by atoms with Gasteiger partial charge in [0.1, 0.15) is 0 Å². The molecule has 0 saturated carbocycles. The lowest BCUT2D eigenvalue weighted by Crippen LogP contribution is -1.87. The lowest BCUT2D eigenvalue weighted by atomic mass is 10.3. The van der Waals surface area contributed by atoms with Crippen LogP contribution in [0.25, 0.3) is 0 Å². The Balaban J connectivity index is 0. The largest absolute Gasteiger partial charge is 0.331 e. The van der Waals surface area contributed by atoms with Crippen molar-refractivity contribution in [3.05, 3.63) is 40.4 Å². The van der Waals surface area contributed by atoms with Crippen LogP contribution >= 0.6 is 12.4 Å². The molecule has 0 saturated heterocycles. The van der Waals surface area contributed by atoms with E-state index in [1.165, 1.54) is 12.1 Å². The van der Waals surface area contributed by atoms with E-state index in [-0.39, 0.29) is 18.1 Å². The van der Waals surface area contributed by atoms with Gasteiger partial charge >= 0.3 is 0 Å². The van der Waals surface area contributed by atoms with Crippen molar-refractivity contribution in [1.29, 1.82) is 0 Å². The van der Waals surface area contributed by atoms with Gasteiger partial charge in [-0.2, -0.15) is 0 Å². The van der Waals surface area contributed by atoms with Crippen molar-refractivity contribution >= 4 is 18.1 Å². The average molecular weight is 205 g/mol. The zero-order chi connectivity index (χ0) is 9.40. The zero-order valence-corrected chi connectivity index (χ0v) is 8.16. The fourth-order valence-corrected chi connectivity index (χ4v) is 0.550. The van der Waals surface area contributed by atoms with E-state index in [0.717, 1.165) is 6.54 Å². The average Bonchev–Trinajstić information content (AvgIpc) is 2.07. The molecule has 0 heterocycles. The predicted octanol–water partition coefficient (Wildman–Crippen LogP) is 1.98. The van der Waals surface area contributed by atoms with Gasteiger partial charge in [-0.1, -0.05) is 25.1 Å². The zero-order valence-electron chi connectivity index (χ0n) is 7.34. The maximum atomic E-state index is 10.0. The number of nitro benzene ring substituents is 1. The van der Waals surface area contributed by atoms with Gasteiger partial charge < -0.3 is 5.73 Å². The molecular formula is C8H13ClN2O2. The summed E-state index contributed by atoms with van der Waals surface area (Å²) in [5.74, 6) is 0. The van der Waals surface area contributed by atoms with E-state index in [1.807, 2.05) is 6.92 Å². The van der Waals surface area contributed by atoms with E-state index in [0.29, 0.717) is 0 Å². The molecule has 0 aliphatic heterocycles. The Bertz CT molecular complexity index is 229. The second-order valence-corrected chi connectivity index (χ2v) is 2.00. The minimum Gasteiger partial charge on any atom is -0.331 e. The van der Waals surface area contributed by atoms with Crippen molar-refractivity contribution in [1.82, 2.24) is 0 Å². The van der Waals surface area contributed by atoms with Crippen LogP contribution in [0.5, 0.6) is 0 Å². The van der Waals surface area contributed by atoms with Gasteiger partial charge in [0.2, 0.25) is 0 Å². The highest BCUT2D eigenvalue weighted by Crippen LogP contribution is 2.06. The number of para-hydroxylation sites is 1. The summed E-state index contributed by atoms with van der Waals surface area (Å²) in [6, 6.07) is 7.93. The number of halogens is 1. The molecule has 1 aromatic carbocycles. The van der Waals surface area contributed by atoms with Crippen LogP contribution in [-0.2, 0) is 0 Å². The van der Waals surface area contributed by atoms with Gasteiger partial charge in [-0.15, -0.1) is 12.4 Å². The van der Waals surface area contributed by atoms with Crippen molar-refractivity contribution in [3.8, 4) is 0 Å². The number of nitrogens with zero attached hydrogens (tertiary/aromatic N) is 1. The predicted molar refractivity (Wildman–Crippen MR) is 55.1 cm³/mol. The lowest BCUT2D eigenvalue weighted by molar-refractivity contribution is -0.384. The molecule has 1 rings (SSSR count). The van der Waals surface area contributed by atoms with Crippen molar-refractivity contribution < 1.29 is 4.92 Å². The molecule has 4 nitrogen and oxygen atoms in total. The second kappa shape index (κ2) is 8.96. The Kier molecular flexibility index (Phi) is 9.93. The normalized spacial score (nSPS) is 7.54. The fraction of sp³-hybridized carbons (Fsp3) is 0.250. The molecule has 0 amide bonds. The maximum absolute atomic E-state index is 10.0. The minimum atomic E-state index is -0.417. The van der Waals surface area contributed by atoms with Crippen LogP contribution in [0.1, 0.15) is 6.92 Å². The summed E-state index contributed by atoms with van der Waals surface area (Å²) >= 11 is 0. The quantitative estimate of drug-likeness (QED) is 0.562. The van der Waals surface area contributed by atoms with Gasteiger partial charge in [0.15, 0.2) is 0 Å². The highest BCUT2D eigenvalue weighted by molar-refractivity contribution is 5.85. The summed E-state index contributed by atoms with van der Waals surface area (Å²) in [7, 11) is 0. The van der Waals surface area contributed by atoms with E-state index >= 15 is 0 Å². The summed E-state index contributed by atoms with van der Waals surface area (Å²) < 4.78 is 0. The van der Waals surface area contributed by atoms with Crippen LogP contribution in [-0.4, -0.2) is 11.5 Å². The van der Waals surface area contributed by atoms with Gasteiger partial charge in [0.25, 0.3) is 5.69 Å². The molecule has 74 valence electrons. The van der Waals surface area contributed by atoms with Gasteiger partial charge in [-0.25, -0.2) is 0 Å². The summed E-state index contributed by atoms with van der Waals surface area (Å²) in [5, 5.41) is 10.0. The molecular weight excluding hydrogens is 192 g/mol. The molecule has 0 unspecified atom stereocenters. The molecule has 0 bridgehead atoms. The highest BCUT2D eigenvalue weighted by Gasteiger charge is 1.98. The fourth-order valence-electron chi connectivity index (χ4n) is 0.550. The number of benzene rings is 1. The summed E-state index contributed by atoms with van der Waals surface area (Å²) in [6.07, 6.45) is 0. The number of rotatable bonds is 1. The first-order chi connectivity index (χ1) is 5.72. The molecule has 0 fully saturated rings. The van der Waals surface area contributed by atoms with E-state index in [4.69, 9.17) is 5.73 Å². The molecule has 1 aromatic rings. The van der Waals surface area contributed by atoms with E-state index in [9.17, 15) is 10.1 Å². The molecule has 0 radical (unpaired) electrons. The Labute approximate surface area is 83.3 Å². The number of nitro groups is 1. The molecule has 0 aromatic heterocycles. The summed E-state index contributed by atoms with van der Waals surface area (Å²) in [4.78, 5) is 9.59. The molecule has 0 aliphatic carbocycles. The van der Waals surface area contributed by atoms with Crippen LogP contribution in [0.4, 0.5) is 5.69 Å². The lowest BCUT2D eigenvalue weighted by Gasteiger charge is -1.85. The molecule has 0 spiro atoms. The van der Waals surface area contributed by atoms with Crippen LogP contribution in [0, 0.1) is 10.1 Å². The molecule has 0 atom stereocenters. The van der Waals surface area contributed by atoms with E-state index < -0.39 is 4.92 Å². The van der Waals surface area contributed by atoms with Crippen molar-refractivity contribution in [2.24, 2.45) is 5.73 Å². The van der Waals surface area contributed by atoms with Gasteiger partial charge in [0, 0.05) is 12.1 Å². The number of non-ortho nitro benzene ring substituents is 1. The SMILES string of the molecule is CCN.Cl.O=[N+]([O-])c1ccccc1. The molecule has 2 N–H and O–H groups in total. The third-order valence-corrected chi connectivity index (χ3v) is 0.967. The van der Waals surface area contributed by atoms with Crippen LogP contribution < -0.4 is 5.73 Å². The second-order valence-electron chi connectivity index (χ2n) is 2.00. The van der Waals surface area contributed by atoms with Gasteiger partial charge in [-0.05, 0) is 6.54 Å². The minimum absolute atomic E-state index is 0. The maximum Gasteiger partial charge on any atom is 0.269 e. The molecule has 5 heteroatoms. The first-order valence-electron chi connectivity index (χ1n) is 3.61. The van der Waals surface area contributed by atoms with Crippen molar-refractivity contribution in [3.63, 3.8) is 0 Å². The monoisotopic (exact) mass is 204 g/mol. The summed E-state index contributed by atoms with van der Waals surface area (Å²) in [5.41, 5.74) is 4.98. The van der Waals surface area contributed by atoms with Crippen LogP contribution in [0.2, 0.25) is 0 Å². The third kappa shape index (κ3) is 7.24.